The van der Waals surface area contributed by atoms with Gasteiger partial charge in [-0.1, -0.05) is 64.6 Å². The molecule has 0 atom stereocenters. The number of alkyl halides is 3. The Morgan fingerprint density at radius 3 is 2.33 bits per heavy atom. The second-order valence-electron chi connectivity index (χ2n) is 8.21. The van der Waals surface area contributed by atoms with E-state index in [1.807, 2.05) is 0 Å². The minimum Gasteiger partial charge on any atom is -0.345 e. The van der Waals surface area contributed by atoms with Crippen molar-refractivity contribution in [2.45, 2.75) is 26.2 Å². The van der Waals surface area contributed by atoms with E-state index in [1.54, 1.807) is 37.3 Å². The average Bonchev–Trinajstić information content (AvgIpc) is 3.12. The first-order chi connectivity index (χ1) is 17.0. The van der Waals surface area contributed by atoms with Gasteiger partial charge in [0.2, 0.25) is 0 Å². The molecule has 0 aliphatic carbocycles. The summed E-state index contributed by atoms with van der Waals surface area (Å²) in [4.78, 5) is 26.0. The van der Waals surface area contributed by atoms with E-state index in [2.05, 4.69) is 5.32 Å². The van der Waals surface area contributed by atoms with Gasteiger partial charge in [-0.25, -0.2) is 0 Å². The Morgan fingerprint density at radius 2 is 1.67 bits per heavy atom. The summed E-state index contributed by atoms with van der Waals surface area (Å²) in [5.74, 6) is -2.45. The van der Waals surface area contributed by atoms with Crippen LogP contribution in [0.15, 0.2) is 60.7 Å². The zero-order valence-electron chi connectivity index (χ0n) is 18.7. The fourth-order valence-corrected chi connectivity index (χ4v) is 4.68. The molecular formula is C26H18Cl3F3N2O2. The summed E-state index contributed by atoms with van der Waals surface area (Å²) in [6, 6.07) is 15.6. The van der Waals surface area contributed by atoms with Gasteiger partial charge in [-0.3, -0.25) is 9.59 Å². The van der Waals surface area contributed by atoms with Gasteiger partial charge < -0.3 is 9.88 Å². The molecule has 36 heavy (non-hydrogen) atoms. The molecule has 1 heterocycles. The van der Waals surface area contributed by atoms with Crippen molar-refractivity contribution in [3.63, 3.8) is 0 Å². The van der Waals surface area contributed by atoms with E-state index in [0.717, 1.165) is 4.57 Å². The average molecular weight is 554 g/mol. The molecule has 0 radical (unpaired) electrons. The van der Waals surface area contributed by atoms with Gasteiger partial charge in [-0.2, -0.15) is 13.2 Å². The Bertz CT molecular complexity index is 1500. The van der Waals surface area contributed by atoms with Crippen molar-refractivity contribution in [2.24, 2.45) is 0 Å². The zero-order valence-corrected chi connectivity index (χ0v) is 21.0. The number of amides is 1. The van der Waals surface area contributed by atoms with Crippen LogP contribution in [0.2, 0.25) is 15.1 Å². The zero-order chi connectivity index (χ0) is 26.2. The summed E-state index contributed by atoms with van der Waals surface area (Å²) in [7, 11) is 0. The first-order valence-electron chi connectivity index (χ1n) is 10.7. The summed E-state index contributed by atoms with van der Waals surface area (Å²) in [6.07, 6.45) is -4.94. The Labute approximate surface area is 219 Å². The molecule has 0 spiro atoms. The largest absolute Gasteiger partial charge is 0.432 e. The Balaban J connectivity index is 1.82. The van der Waals surface area contributed by atoms with Crippen LogP contribution in [0.25, 0.3) is 10.9 Å². The highest BCUT2D eigenvalue weighted by Crippen LogP contribution is 2.40. The van der Waals surface area contributed by atoms with Crippen molar-refractivity contribution < 1.29 is 22.8 Å². The summed E-state index contributed by atoms with van der Waals surface area (Å²) in [5.41, 5.74) is -0.202. The van der Waals surface area contributed by atoms with E-state index in [0.29, 0.717) is 26.7 Å². The predicted octanol–water partition coefficient (Wildman–Crippen LogP) is 7.48. The Morgan fingerprint density at radius 1 is 0.944 bits per heavy atom. The summed E-state index contributed by atoms with van der Waals surface area (Å²) in [5, 5.41) is 3.35. The van der Waals surface area contributed by atoms with Crippen molar-refractivity contribution in [1.29, 1.82) is 0 Å². The van der Waals surface area contributed by atoms with E-state index in [9.17, 15) is 22.8 Å². The number of rotatable bonds is 6. The van der Waals surface area contributed by atoms with E-state index >= 15 is 0 Å². The fourth-order valence-electron chi connectivity index (χ4n) is 4.00. The lowest BCUT2D eigenvalue weighted by Gasteiger charge is -2.15. The summed E-state index contributed by atoms with van der Waals surface area (Å²) < 4.78 is 44.3. The van der Waals surface area contributed by atoms with Crippen molar-refractivity contribution in [2.75, 3.05) is 0 Å². The van der Waals surface area contributed by atoms with Crippen LogP contribution >= 0.6 is 34.8 Å². The molecule has 0 saturated heterocycles. The van der Waals surface area contributed by atoms with Crippen LogP contribution in [-0.4, -0.2) is 16.3 Å². The first kappa shape index (κ1) is 26.1. The number of nitrogens with zero attached hydrogens (tertiary/aromatic N) is 1. The van der Waals surface area contributed by atoms with Gasteiger partial charge in [-0.15, -0.1) is 0 Å². The summed E-state index contributed by atoms with van der Waals surface area (Å²) in [6.45, 7) is 1.32. The third kappa shape index (κ3) is 5.38. The molecule has 0 aliphatic rings. The van der Waals surface area contributed by atoms with Crippen LogP contribution in [0.5, 0.6) is 0 Å². The van der Waals surface area contributed by atoms with Crippen LogP contribution in [0.3, 0.4) is 0 Å². The highest BCUT2D eigenvalue weighted by Gasteiger charge is 2.42. The highest BCUT2D eigenvalue weighted by molar-refractivity contribution is 6.45. The number of Topliss-reactive ketones (excluding diaryl/α,β-unsaturated/α-hetero) is 1. The molecule has 1 aromatic heterocycles. The van der Waals surface area contributed by atoms with Crippen molar-refractivity contribution in [3.8, 4) is 0 Å². The van der Waals surface area contributed by atoms with E-state index < -0.39 is 29.1 Å². The molecule has 186 valence electrons. The first-order valence-corrected chi connectivity index (χ1v) is 11.8. The lowest BCUT2D eigenvalue weighted by Crippen LogP contribution is -2.32. The van der Waals surface area contributed by atoms with Gasteiger partial charge in [0, 0.05) is 39.1 Å². The molecular weight excluding hydrogens is 536 g/mol. The minimum atomic E-state index is -4.94. The highest BCUT2D eigenvalue weighted by atomic mass is 35.5. The van der Waals surface area contributed by atoms with Gasteiger partial charge in [0.25, 0.3) is 11.7 Å². The third-order valence-corrected chi connectivity index (χ3v) is 6.43. The van der Waals surface area contributed by atoms with Crippen LogP contribution in [-0.2, 0) is 24.1 Å². The monoisotopic (exact) mass is 552 g/mol. The second-order valence-corrected chi connectivity index (χ2v) is 9.49. The molecule has 0 fully saturated rings. The van der Waals surface area contributed by atoms with Gasteiger partial charge in [0.15, 0.2) is 0 Å². The van der Waals surface area contributed by atoms with E-state index in [-0.39, 0.29) is 29.0 Å². The number of hydrogen-bond acceptors (Lipinski definition) is 2. The van der Waals surface area contributed by atoms with Crippen molar-refractivity contribution in [1.82, 2.24) is 9.88 Å². The standard InChI is InChI=1S/C26H18Cl3F3N2O2/c1-14-5-8-21-19(9-14)22(23(35)25(36)33-12-15-3-2-4-17(27)10-15)24(26(30,31)32)34(21)13-16-6-7-18(28)11-20(16)29/h2-11H,12-13H2,1H3,(H,33,36). The molecule has 10 heteroatoms. The number of benzene rings is 3. The Hall–Kier alpha value is -3.00. The minimum absolute atomic E-state index is 0.0234. The van der Waals surface area contributed by atoms with Crippen LogP contribution in [0.1, 0.15) is 32.7 Å². The number of aromatic nitrogens is 1. The quantitative estimate of drug-likeness (QED) is 0.199. The smallest absolute Gasteiger partial charge is 0.345 e. The second kappa shape index (κ2) is 10.2. The molecule has 4 aromatic rings. The molecule has 1 amide bonds. The van der Waals surface area contributed by atoms with Gasteiger partial charge >= 0.3 is 6.18 Å². The maximum atomic E-state index is 14.5. The Kier molecular flexibility index (Phi) is 7.36. The van der Waals surface area contributed by atoms with E-state index in [4.69, 9.17) is 34.8 Å². The molecule has 1 N–H and O–H groups in total. The number of halogens is 6. The fraction of sp³-hybridized carbons (Fsp3) is 0.154. The maximum absolute atomic E-state index is 14.5. The molecule has 4 rings (SSSR count). The summed E-state index contributed by atoms with van der Waals surface area (Å²) >= 11 is 18.1. The SMILES string of the molecule is Cc1ccc2c(c1)c(C(=O)C(=O)NCc1cccc(Cl)c1)c(C(F)(F)F)n2Cc1ccc(Cl)cc1Cl. The van der Waals surface area contributed by atoms with Crippen LogP contribution in [0, 0.1) is 6.92 Å². The van der Waals surface area contributed by atoms with Gasteiger partial charge in [0.1, 0.15) is 5.69 Å². The third-order valence-electron chi connectivity index (χ3n) is 5.61. The number of fused-ring (bicyclic) bond motifs is 1. The maximum Gasteiger partial charge on any atom is 0.432 e. The number of nitrogens with one attached hydrogen (secondary N) is 1. The molecule has 3 aromatic carbocycles. The van der Waals surface area contributed by atoms with Crippen molar-refractivity contribution in [3.05, 3.63) is 104 Å². The topological polar surface area (TPSA) is 51.1 Å². The van der Waals surface area contributed by atoms with Crippen molar-refractivity contribution >= 4 is 57.4 Å². The molecule has 4 nitrogen and oxygen atoms in total. The number of carbonyl (C=O) groups is 2. The number of carbonyl (C=O) groups excluding carboxylic acids is 2. The van der Waals surface area contributed by atoms with Crippen LogP contribution < -0.4 is 5.32 Å². The predicted molar refractivity (Wildman–Crippen MR) is 135 cm³/mol. The number of ketones is 1. The lowest BCUT2D eigenvalue weighted by molar-refractivity contribution is -0.143. The van der Waals surface area contributed by atoms with Gasteiger partial charge in [0.05, 0.1) is 5.56 Å². The molecule has 0 bridgehead atoms. The van der Waals surface area contributed by atoms with Crippen LogP contribution in [0.4, 0.5) is 13.2 Å². The molecule has 0 aliphatic heterocycles. The van der Waals surface area contributed by atoms with Gasteiger partial charge in [-0.05, 0) is 54.4 Å². The number of aryl methyl sites for hydroxylation is 1. The normalized spacial score (nSPS) is 11.6. The lowest BCUT2D eigenvalue weighted by atomic mass is 10.0. The van der Waals surface area contributed by atoms with E-state index in [1.165, 1.54) is 30.3 Å². The molecule has 0 unspecified atom stereocenters. The number of hydrogen-bond donors (Lipinski definition) is 1. The molecule has 0 saturated carbocycles.